The van der Waals surface area contributed by atoms with E-state index in [0.29, 0.717) is 37.5 Å². The zero-order valence-corrected chi connectivity index (χ0v) is 23.5. The smallest absolute Gasteiger partial charge is 0.323 e. The molecule has 0 aliphatic carbocycles. The molecule has 1 aromatic heterocycles. The maximum absolute atomic E-state index is 13.8. The topological polar surface area (TPSA) is 88.8 Å². The van der Waals surface area contributed by atoms with Crippen LogP contribution in [0.3, 0.4) is 0 Å². The first-order chi connectivity index (χ1) is 20.6. The van der Waals surface area contributed by atoms with Crippen molar-refractivity contribution in [1.29, 1.82) is 0 Å². The van der Waals surface area contributed by atoms with Crippen molar-refractivity contribution in [2.75, 3.05) is 6.61 Å². The van der Waals surface area contributed by atoms with Crippen molar-refractivity contribution in [1.82, 2.24) is 4.57 Å². The molecule has 0 fully saturated rings. The molecule has 0 aliphatic heterocycles. The van der Waals surface area contributed by atoms with E-state index in [9.17, 15) is 32.3 Å². The Labute approximate surface area is 245 Å². The van der Waals surface area contributed by atoms with Crippen molar-refractivity contribution in [3.8, 4) is 5.75 Å². The van der Waals surface area contributed by atoms with E-state index >= 15 is 0 Å². The average Bonchev–Trinajstić information content (AvgIpc) is 3.23. The number of carboxylic acid groups (broad SMARTS) is 2. The Morgan fingerprint density at radius 1 is 0.837 bits per heavy atom. The van der Waals surface area contributed by atoms with E-state index in [1.54, 1.807) is 16.7 Å². The minimum atomic E-state index is -1.68. The van der Waals surface area contributed by atoms with Crippen molar-refractivity contribution in [2.24, 2.45) is 0 Å². The van der Waals surface area contributed by atoms with Crippen molar-refractivity contribution < 1.29 is 42.1 Å². The van der Waals surface area contributed by atoms with E-state index in [0.717, 1.165) is 33.3 Å². The monoisotopic (exact) mass is 597 g/mol. The first-order valence-electron chi connectivity index (χ1n) is 13.8. The number of para-hydroxylation sites is 1. The normalized spacial score (nSPS) is 11.5. The molecule has 0 amide bonds. The Bertz CT molecular complexity index is 1660. The molecule has 226 valence electrons. The Hall–Kier alpha value is -4.60. The first kappa shape index (κ1) is 31.3. The molecule has 2 N–H and O–H groups in total. The molecule has 3 aromatic carbocycles. The number of carbonyl (C=O) groups is 2. The summed E-state index contributed by atoms with van der Waals surface area (Å²) in [6.45, 7) is 1.89. The van der Waals surface area contributed by atoms with Crippen molar-refractivity contribution in [3.05, 3.63) is 99.7 Å². The minimum absolute atomic E-state index is 0.0293. The minimum Gasteiger partial charge on any atom is -0.494 e. The highest BCUT2D eigenvalue weighted by Crippen LogP contribution is 2.31. The van der Waals surface area contributed by atoms with Crippen LogP contribution >= 0.6 is 0 Å². The van der Waals surface area contributed by atoms with Crippen LogP contribution in [0.4, 0.5) is 17.6 Å². The van der Waals surface area contributed by atoms with Crippen LogP contribution in [0.2, 0.25) is 0 Å². The van der Waals surface area contributed by atoms with Crippen LogP contribution in [-0.4, -0.2) is 33.3 Å². The molecule has 0 saturated carbocycles. The average molecular weight is 598 g/mol. The van der Waals surface area contributed by atoms with Crippen LogP contribution in [0, 0.1) is 30.2 Å². The Kier molecular flexibility index (Phi) is 10.2. The second-order valence-corrected chi connectivity index (χ2v) is 10.2. The van der Waals surface area contributed by atoms with Crippen LogP contribution in [0.1, 0.15) is 53.6 Å². The lowest BCUT2D eigenvalue weighted by Crippen LogP contribution is -2.10. The zero-order valence-electron chi connectivity index (χ0n) is 23.5. The lowest BCUT2D eigenvalue weighted by atomic mass is 10.0. The van der Waals surface area contributed by atoms with Crippen LogP contribution in [0.15, 0.2) is 48.5 Å². The number of nitrogens with zero attached hydrogens (tertiary/aromatic N) is 1. The van der Waals surface area contributed by atoms with Gasteiger partial charge in [-0.1, -0.05) is 42.5 Å². The van der Waals surface area contributed by atoms with Gasteiger partial charge < -0.3 is 19.5 Å². The van der Waals surface area contributed by atoms with E-state index in [2.05, 4.69) is 0 Å². The maximum Gasteiger partial charge on any atom is 0.323 e. The van der Waals surface area contributed by atoms with Gasteiger partial charge in [-0.15, -0.1) is 0 Å². The highest BCUT2D eigenvalue weighted by molar-refractivity contribution is 5.95. The van der Waals surface area contributed by atoms with Gasteiger partial charge in [0, 0.05) is 29.1 Å². The van der Waals surface area contributed by atoms with Gasteiger partial charge in [0.05, 0.1) is 12.1 Å². The number of hydrogen-bond acceptors (Lipinski definition) is 3. The summed E-state index contributed by atoms with van der Waals surface area (Å²) in [5, 5.41) is 19.5. The number of aliphatic carboxylic acids is 2. The molecule has 0 spiro atoms. The largest absolute Gasteiger partial charge is 0.494 e. The predicted molar refractivity (Wildman–Crippen MR) is 155 cm³/mol. The second kappa shape index (κ2) is 14.0. The van der Waals surface area contributed by atoms with E-state index < -0.39 is 40.8 Å². The van der Waals surface area contributed by atoms with E-state index in [-0.39, 0.29) is 26.0 Å². The van der Waals surface area contributed by atoms with Crippen molar-refractivity contribution >= 4 is 35.0 Å². The van der Waals surface area contributed by atoms with Crippen LogP contribution in [0.25, 0.3) is 23.1 Å². The highest BCUT2D eigenvalue weighted by Gasteiger charge is 2.19. The summed E-state index contributed by atoms with van der Waals surface area (Å²) in [5.74, 6) is -7.12. The molecule has 0 bridgehead atoms. The third-order valence-electron chi connectivity index (χ3n) is 7.25. The molecule has 4 aromatic rings. The number of aryl methyl sites for hydroxylation is 1. The van der Waals surface area contributed by atoms with Crippen LogP contribution in [-0.2, 0) is 29.0 Å². The van der Waals surface area contributed by atoms with Crippen molar-refractivity contribution in [3.63, 3.8) is 0 Å². The van der Waals surface area contributed by atoms with E-state index in [1.807, 2.05) is 49.4 Å². The molecule has 0 unspecified atom stereocenters. The molecule has 0 atom stereocenters. The number of fused-ring (bicyclic) bond motifs is 1. The van der Waals surface area contributed by atoms with Gasteiger partial charge in [0.25, 0.3) is 0 Å². The lowest BCUT2D eigenvalue weighted by molar-refractivity contribution is -0.138. The van der Waals surface area contributed by atoms with Gasteiger partial charge in [0.2, 0.25) is 0 Å². The Morgan fingerprint density at radius 3 is 2.26 bits per heavy atom. The first-order valence-corrected chi connectivity index (χ1v) is 13.8. The quantitative estimate of drug-likeness (QED) is 0.0515. The molecule has 0 aliphatic rings. The Morgan fingerprint density at radius 2 is 1.56 bits per heavy atom. The number of hydrogen-bond donors (Lipinski definition) is 2. The molecule has 6 nitrogen and oxygen atoms in total. The molecule has 0 saturated heterocycles. The molecule has 43 heavy (non-hydrogen) atoms. The SMILES string of the molecule is Cc1c(CCCC(=O)O)c2cccc(/C=C/c3ccc(OCCCCc4c(F)cc(F)c(F)c4F)cc3)c2n1CC(=O)O. The summed E-state index contributed by atoms with van der Waals surface area (Å²) in [5.41, 5.74) is 3.71. The number of ether oxygens (including phenoxy) is 1. The molecule has 0 radical (unpaired) electrons. The summed E-state index contributed by atoms with van der Waals surface area (Å²) >= 11 is 0. The van der Waals surface area contributed by atoms with Crippen LogP contribution in [0.5, 0.6) is 5.75 Å². The lowest BCUT2D eigenvalue weighted by Gasteiger charge is -2.09. The fourth-order valence-electron chi connectivity index (χ4n) is 5.12. The van der Waals surface area contributed by atoms with Gasteiger partial charge in [-0.2, -0.15) is 0 Å². The van der Waals surface area contributed by atoms with Crippen molar-refractivity contribution in [2.45, 2.75) is 52.0 Å². The second-order valence-electron chi connectivity index (χ2n) is 10.2. The molecule has 1 heterocycles. The number of benzene rings is 3. The summed E-state index contributed by atoms with van der Waals surface area (Å²) in [4.78, 5) is 22.6. The summed E-state index contributed by atoms with van der Waals surface area (Å²) in [6, 6.07) is 13.3. The molecule has 4 rings (SSSR count). The highest BCUT2D eigenvalue weighted by atomic mass is 19.2. The van der Waals surface area contributed by atoms with Gasteiger partial charge >= 0.3 is 11.9 Å². The molecular formula is C33H31F4NO5. The third kappa shape index (κ3) is 7.63. The van der Waals surface area contributed by atoms with Gasteiger partial charge in [0.15, 0.2) is 17.5 Å². The molecule has 10 heteroatoms. The third-order valence-corrected chi connectivity index (χ3v) is 7.25. The van der Waals surface area contributed by atoms with Gasteiger partial charge in [0.1, 0.15) is 18.1 Å². The van der Waals surface area contributed by atoms with Gasteiger partial charge in [-0.3, -0.25) is 9.59 Å². The number of rotatable bonds is 14. The van der Waals surface area contributed by atoms with Gasteiger partial charge in [-0.25, -0.2) is 17.6 Å². The van der Waals surface area contributed by atoms with Crippen LogP contribution < -0.4 is 4.74 Å². The fourth-order valence-corrected chi connectivity index (χ4v) is 5.12. The van der Waals surface area contributed by atoms with Gasteiger partial charge in [-0.05, 0) is 67.9 Å². The molecular weight excluding hydrogens is 566 g/mol. The number of aromatic nitrogens is 1. The number of halogens is 4. The van der Waals surface area contributed by atoms with E-state index in [1.165, 1.54) is 0 Å². The fraction of sp³-hybridized carbons (Fsp3) is 0.273. The number of unbranched alkanes of at least 4 members (excludes halogenated alkanes) is 1. The van der Waals surface area contributed by atoms with E-state index in [4.69, 9.17) is 9.84 Å². The Balaban J connectivity index is 1.41. The standard InChI is InChI=1S/C33H31F4NO5/c1-20-24(8-5-10-29(39)40)25-9-4-6-22(33(25)38(20)19-30(41)42)14-11-21-12-15-23(16-13-21)43-17-3-2-7-26-27(34)18-28(35)32(37)31(26)36/h4,6,9,11-16,18H,2-3,5,7-8,10,17,19H2,1H3,(H,39,40)(H,41,42)/b14-11+. The summed E-state index contributed by atoms with van der Waals surface area (Å²) in [7, 11) is 0. The number of carboxylic acids is 2. The summed E-state index contributed by atoms with van der Waals surface area (Å²) < 4.78 is 61.5. The zero-order chi connectivity index (χ0) is 31.1. The maximum atomic E-state index is 13.8. The summed E-state index contributed by atoms with van der Waals surface area (Å²) in [6.07, 6.45) is 5.45. The predicted octanol–water partition coefficient (Wildman–Crippen LogP) is 7.57.